The van der Waals surface area contributed by atoms with Crippen molar-refractivity contribution in [3.63, 3.8) is 0 Å². The van der Waals surface area contributed by atoms with E-state index in [2.05, 4.69) is 41.1 Å². The molecule has 0 aromatic heterocycles. The second-order valence-electron chi connectivity index (χ2n) is 7.03. The zero-order valence-corrected chi connectivity index (χ0v) is 15.5. The molecule has 7 heteroatoms. The summed E-state index contributed by atoms with van der Waals surface area (Å²) in [4.78, 5) is 34.2. The van der Waals surface area contributed by atoms with Crippen LogP contribution in [0.5, 0.6) is 0 Å². The highest BCUT2D eigenvalue weighted by Crippen LogP contribution is 2.26. The molecule has 4 rings (SSSR count). The van der Waals surface area contributed by atoms with Gasteiger partial charge in [0.25, 0.3) is 5.91 Å². The van der Waals surface area contributed by atoms with Gasteiger partial charge in [-0.2, -0.15) is 0 Å². The number of unbranched alkanes of at least 4 members (excludes halogenated alkanes) is 1. The Morgan fingerprint density at radius 3 is 2.58 bits per heavy atom. The number of imide groups is 1. The number of nitrogens with zero attached hydrogens (tertiary/aromatic N) is 5. The molecule has 3 aliphatic rings. The van der Waals surface area contributed by atoms with Gasteiger partial charge in [-0.3, -0.25) is 14.6 Å². The lowest BCUT2D eigenvalue weighted by Crippen LogP contribution is -2.61. The summed E-state index contributed by atoms with van der Waals surface area (Å²) >= 11 is 0. The number of guanidine groups is 1. The molecule has 0 N–H and O–H groups in total. The summed E-state index contributed by atoms with van der Waals surface area (Å²) in [5.74, 6) is 1.07. The molecular formula is C19H24N5O2+. The van der Waals surface area contributed by atoms with Crippen LogP contribution in [0.4, 0.5) is 10.5 Å². The number of amidine groups is 1. The van der Waals surface area contributed by atoms with Gasteiger partial charge in [-0.15, -0.1) is 0 Å². The van der Waals surface area contributed by atoms with E-state index in [1.165, 1.54) is 35.3 Å². The van der Waals surface area contributed by atoms with Crippen molar-refractivity contribution in [3.8, 4) is 0 Å². The van der Waals surface area contributed by atoms with Gasteiger partial charge in [-0.25, -0.2) is 14.3 Å². The van der Waals surface area contributed by atoms with Gasteiger partial charge in [0.2, 0.25) is 11.9 Å². The maximum Gasteiger partial charge on any atom is 0.397 e. The summed E-state index contributed by atoms with van der Waals surface area (Å²) in [6, 6.07) is 7.74. The SMILES string of the molecule is CCCCc1ccc(N2CC[N+]3=C2N=C2C3C(=O)N(C)C(=O)N2C)cc1. The molecule has 3 amide bonds. The molecule has 3 heterocycles. The van der Waals surface area contributed by atoms with Crippen LogP contribution in [0.15, 0.2) is 29.3 Å². The predicted octanol–water partition coefficient (Wildman–Crippen LogP) is 1.52. The molecule has 0 bridgehead atoms. The first-order valence-corrected chi connectivity index (χ1v) is 9.17. The Balaban J connectivity index is 1.63. The Labute approximate surface area is 153 Å². The molecule has 1 fully saturated rings. The maximum atomic E-state index is 12.6. The van der Waals surface area contributed by atoms with Crippen LogP contribution in [0.1, 0.15) is 25.3 Å². The van der Waals surface area contributed by atoms with E-state index in [4.69, 9.17) is 0 Å². The lowest BCUT2D eigenvalue weighted by Gasteiger charge is -2.31. The summed E-state index contributed by atoms with van der Waals surface area (Å²) in [5, 5.41) is 0. The Kier molecular flexibility index (Phi) is 4.01. The molecule has 1 atom stereocenters. The van der Waals surface area contributed by atoms with E-state index >= 15 is 0 Å². The summed E-state index contributed by atoms with van der Waals surface area (Å²) < 4.78 is 2.00. The minimum atomic E-state index is -0.494. The van der Waals surface area contributed by atoms with Crippen LogP contribution in [-0.2, 0) is 11.2 Å². The third-order valence-corrected chi connectivity index (χ3v) is 5.38. The van der Waals surface area contributed by atoms with Crippen molar-refractivity contribution in [3.05, 3.63) is 29.8 Å². The lowest BCUT2D eigenvalue weighted by molar-refractivity contribution is -0.525. The number of rotatable bonds is 4. The van der Waals surface area contributed by atoms with Crippen LogP contribution in [0.25, 0.3) is 0 Å². The molecule has 1 unspecified atom stereocenters. The second-order valence-corrected chi connectivity index (χ2v) is 7.03. The topological polar surface area (TPSA) is 59.2 Å². The first-order chi connectivity index (χ1) is 12.5. The monoisotopic (exact) mass is 354 g/mol. The van der Waals surface area contributed by atoms with Crippen LogP contribution >= 0.6 is 0 Å². The number of benzene rings is 1. The molecule has 1 aromatic rings. The highest BCUT2D eigenvalue weighted by molar-refractivity contribution is 6.24. The molecular weight excluding hydrogens is 330 g/mol. The molecule has 0 saturated carbocycles. The predicted molar refractivity (Wildman–Crippen MR) is 99.7 cm³/mol. The summed E-state index contributed by atoms with van der Waals surface area (Å²) in [6.45, 7) is 3.70. The fraction of sp³-hybridized carbons (Fsp3) is 0.474. The van der Waals surface area contributed by atoms with Crippen LogP contribution in [0.3, 0.4) is 0 Å². The van der Waals surface area contributed by atoms with Gasteiger partial charge in [0.1, 0.15) is 12.2 Å². The standard InChI is InChI=1S/C19H24N5O2/c1-4-5-6-13-7-9-14(10-8-13)23-11-12-24-15-16(20-18(23)24)21(2)19(26)22(3)17(15)25/h7-10,15H,4-6,11-12H2,1-3H3/q+1. The van der Waals surface area contributed by atoms with Crippen molar-refractivity contribution in [1.29, 1.82) is 0 Å². The zero-order valence-electron chi connectivity index (χ0n) is 15.5. The lowest BCUT2D eigenvalue weighted by atomic mass is 10.1. The molecule has 3 aliphatic heterocycles. The van der Waals surface area contributed by atoms with E-state index in [9.17, 15) is 9.59 Å². The Morgan fingerprint density at radius 2 is 1.88 bits per heavy atom. The van der Waals surface area contributed by atoms with Gasteiger partial charge < -0.3 is 0 Å². The van der Waals surface area contributed by atoms with Crippen molar-refractivity contribution >= 4 is 29.4 Å². The van der Waals surface area contributed by atoms with Crippen LogP contribution in [0.2, 0.25) is 0 Å². The fourth-order valence-corrected chi connectivity index (χ4v) is 3.81. The van der Waals surface area contributed by atoms with Gasteiger partial charge >= 0.3 is 12.0 Å². The number of amides is 3. The molecule has 26 heavy (non-hydrogen) atoms. The largest absolute Gasteiger partial charge is 0.397 e. The molecule has 136 valence electrons. The van der Waals surface area contributed by atoms with Crippen LogP contribution < -0.4 is 4.90 Å². The number of anilines is 1. The van der Waals surface area contributed by atoms with Crippen molar-refractivity contribution in [2.75, 3.05) is 32.1 Å². The smallest absolute Gasteiger partial charge is 0.270 e. The molecule has 0 spiro atoms. The van der Waals surface area contributed by atoms with Crippen molar-refractivity contribution in [2.45, 2.75) is 32.2 Å². The van der Waals surface area contributed by atoms with Gasteiger partial charge in [0.05, 0.1) is 6.54 Å². The van der Waals surface area contributed by atoms with Gasteiger partial charge in [0.15, 0.2) is 0 Å². The number of urea groups is 1. The first kappa shape index (κ1) is 16.8. The highest BCUT2D eigenvalue weighted by Gasteiger charge is 2.54. The number of aryl methyl sites for hydroxylation is 1. The van der Waals surface area contributed by atoms with E-state index in [0.29, 0.717) is 12.4 Å². The number of hydrogen-bond acceptors (Lipinski definition) is 4. The number of carbonyl (C=O) groups excluding carboxylic acids is 2. The molecule has 0 aliphatic carbocycles. The van der Waals surface area contributed by atoms with Crippen LogP contribution in [-0.4, -0.2) is 71.3 Å². The van der Waals surface area contributed by atoms with Crippen molar-refractivity contribution in [1.82, 2.24) is 9.80 Å². The number of carbonyl (C=O) groups is 2. The van der Waals surface area contributed by atoms with E-state index < -0.39 is 6.04 Å². The maximum absolute atomic E-state index is 12.6. The van der Waals surface area contributed by atoms with E-state index in [-0.39, 0.29) is 11.9 Å². The minimum absolute atomic E-state index is 0.210. The van der Waals surface area contributed by atoms with Crippen molar-refractivity contribution < 1.29 is 14.2 Å². The van der Waals surface area contributed by atoms with E-state index in [1.807, 2.05) is 4.58 Å². The second kappa shape index (κ2) is 6.23. The summed E-state index contributed by atoms with van der Waals surface area (Å²) in [5.41, 5.74) is 2.41. The number of hydrogen-bond donors (Lipinski definition) is 0. The van der Waals surface area contributed by atoms with E-state index in [1.54, 1.807) is 7.05 Å². The zero-order chi connectivity index (χ0) is 18.4. The molecule has 7 nitrogen and oxygen atoms in total. The fourth-order valence-electron chi connectivity index (χ4n) is 3.81. The Morgan fingerprint density at radius 1 is 1.15 bits per heavy atom. The third kappa shape index (κ3) is 2.41. The Bertz CT molecular complexity index is 827. The van der Waals surface area contributed by atoms with Gasteiger partial charge in [-0.1, -0.05) is 30.5 Å². The number of aliphatic imine (C=N–C) groups is 1. The Hall–Kier alpha value is -2.70. The highest BCUT2D eigenvalue weighted by atomic mass is 16.2. The molecule has 1 saturated heterocycles. The third-order valence-electron chi connectivity index (χ3n) is 5.38. The van der Waals surface area contributed by atoms with Gasteiger partial charge in [-0.05, 0) is 30.5 Å². The minimum Gasteiger partial charge on any atom is -0.270 e. The van der Waals surface area contributed by atoms with Gasteiger partial charge in [0, 0.05) is 14.1 Å². The number of likely N-dealkylation sites (N-methyl/N-ethyl adjacent to an activating group) is 2. The molecule has 1 aromatic carbocycles. The average Bonchev–Trinajstić information content (AvgIpc) is 3.22. The summed E-state index contributed by atoms with van der Waals surface area (Å²) in [6.07, 6.45) is 3.48. The summed E-state index contributed by atoms with van der Waals surface area (Å²) in [7, 11) is 3.20. The first-order valence-electron chi connectivity index (χ1n) is 9.17. The van der Waals surface area contributed by atoms with Crippen LogP contribution in [0, 0.1) is 0 Å². The van der Waals surface area contributed by atoms with Crippen molar-refractivity contribution in [2.24, 2.45) is 4.99 Å². The average molecular weight is 354 g/mol. The van der Waals surface area contributed by atoms with E-state index in [0.717, 1.165) is 24.6 Å². The number of fused-ring (bicyclic) bond motifs is 2. The molecule has 0 radical (unpaired) electrons. The quantitative estimate of drug-likeness (QED) is 0.771. The normalized spacial score (nSPS) is 22.2.